The zero-order valence-corrected chi connectivity index (χ0v) is 13.3. The third-order valence-corrected chi connectivity index (χ3v) is 3.88. The topological polar surface area (TPSA) is 55.1 Å². The van der Waals surface area contributed by atoms with Crippen LogP contribution in [0.3, 0.4) is 0 Å². The molecule has 0 aliphatic rings. The van der Waals surface area contributed by atoms with Gasteiger partial charge in [-0.15, -0.1) is 0 Å². The lowest BCUT2D eigenvalue weighted by Crippen LogP contribution is -2.05. The fraction of sp³-hybridized carbons (Fsp3) is 0.0556. The molecule has 3 heterocycles. The second-order valence-electron chi connectivity index (χ2n) is 5.56. The predicted octanol–water partition coefficient (Wildman–Crippen LogP) is 4.55. The lowest BCUT2D eigenvalue weighted by Gasteiger charge is -2.12. The summed E-state index contributed by atoms with van der Waals surface area (Å²) < 4.78 is 39.8. The normalized spacial score (nSPS) is 11.7. The number of hydrogen-bond acceptors (Lipinski definition) is 4. The monoisotopic (exact) mass is 355 g/mol. The first-order valence-corrected chi connectivity index (χ1v) is 7.70. The number of pyridine rings is 1. The van der Waals surface area contributed by atoms with Crippen molar-refractivity contribution < 1.29 is 13.2 Å². The molecule has 0 fully saturated rings. The molecule has 0 radical (unpaired) electrons. The van der Waals surface area contributed by atoms with E-state index < -0.39 is 11.7 Å². The van der Waals surface area contributed by atoms with E-state index in [1.54, 1.807) is 16.9 Å². The van der Waals surface area contributed by atoms with Crippen LogP contribution in [-0.2, 0) is 6.18 Å². The predicted molar refractivity (Wildman–Crippen MR) is 90.9 cm³/mol. The minimum atomic E-state index is -4.37. The Morgan fingerprint density at radius 3 is 2.54 bits per heavy atom. The summed E-state index contributed by atoms with van der Waals surface area (Å²) in [6.07, 6.45) is 0.328. The zero-order chi connectivity index (χ0) is 18.1. The summed E-state index contributed by atoms with van der Waals surface area (Å²) in [7, 11) is 0. The maximum absolute atomic E-state index is 12.7. The third-order valence-electron chi connectivity index (χ3n) is 3.88. The first-order chi connectivity index (χ1) is 12.5. The minimum absolute atomic E-state index is 0.475. The van der Waals surface area contributed by atoms with Crippen molar-refractivity contribution in [1.82, 2.24) is 19.6 Å². The number of aromatic nitrogens is 4. The van der Waals surface area contributed by atoms with E-state index in [0.29, 0.717) is 17.1 Å². The Kier molecular flexibility index (Phi) is 3.80. The van der Waals surface area contributed by atoms with E-state index in [2.05, 4.69) is 20.4 Å². The number of rotatable bonds is 3. The van der Waals surface area contributed by atoms with Gasteiger partial charge in [0.25, 0.3) is 0 Å². The van der Waals surface area contributed by atoms with Crippen LogP contribution in [0.2, 0.25) is 0 Å². The molecule has 0 atom stereocenters. The number of fused-ring (bicyclic) bond motifs is 1. The zero-order valence-electron chi connectivity index (χ0n) is 13.3. The number of nitrogens with zero attached hydrogens (tertiary/aromatic N) is 4. The summed E-state index contributed by atoms with van der Waals surface area (Å²) in [6, 6.07) is 12.3. The highest BCUT2D eigenvalue weighted by Crippen LogP contribution is 2.32. The summed E-state index contributed by atoms with van der Waals surface area (Å²) in [5.41, 5.74) is 2.15. The summed E-state index contributed by atoms with van der Waals surface area (Å²) in [5.74, 6) is 0.475. The van der Waals surface area contributed by atoms with Gasteiger partial charge in [-0.25, -0.2) is 14.5 Å². The highest BCUT2D eigenvalue weighted by molar-refractivity contribution is 5.77. The summed E-state index contributed by atoms with van der Waals surface area (Å²) in [5, 5.41) is 7.34. The van der Waals surface area contributed by atoms with Crippen molar-refractivity contribution in [1.29, 1.82) is 0 Å². The van der Waals surface area contributed by atoms with Gasteiger partial charge in [-0.05, 0) is 42.5 Å². The van der Waals surface area contributed by atoms with Gasteiger partial charge in [0.15, 0.2) is 0 Å². The molecule has 1 N–H and O–H groups in total. The molecule has 0 saturated carbocycles. The van der Waals surface area contributed by atoms with E-state index in [-0.39, 0.29) is 0 Å². The van der Waals surface area contributed by atoms with Crippen molar-refractivity contribution in [2.45, 2.75) is 6.18 Å². The molecule has 3 aromatic heterocycles. The van der Waals surface area contributed by atoms with E-state index in [9.17, 15) is 13.2 Å². The maximum atomic E-state index is 12.7. The second-order valence-corrected chi connectivity index (χ2v) is 5.56. The molecule has 4 aromatic rings. The molecular formula is C18H12F3N5. The summed E-state index contributed by atoms with van der Waals surface area (Å²) in [6.45, 7) is 0. The number of anilines is 2. The number of benzene rings is 1. The molecule has 0 unspecified atom stereocenters. The Balaban J connectivity index is 1.72. The smallest absolute Gasteiger partial charge is 0.340 e. The molecule has 26 heavy (non-hydrogen) atoms. The van der Waals surface area contributed by atoms with Crippen LogP contribution in [-0.4, -0.2) is 19.6 Å². The Hall–Kier alpha value is -3.42. The highest BCUT2D eigenvalue weighted by atomic mass is 19.4. The fourth-order valence-electron chi connectivity index (χ4n) is 2.65. The molecule has 8 heteroatoms. The van der Waals surface area contributed by atoms with Gasteiger partial charge in [0.05, 0.1) is 28.5 Å². The average Bonchev–Trinajstić information content (AvgIpc) is 3.11. The van der Waals surface area contributed by atoms with E-state index in [1.807, 2.05) is 24.3 Å². The fourth-order valence-corrected chi connectivity index (χ4v) is 2.65. The molecule has 0 spiro atoms. The third kappa shape index (κ3) is 2.97. The van der Waals surface area contributed by atoms with Crippen molar-refractivity contribution >= 4 is 17.0 Å². The molecule has 4 rings (SSSR count). The molecule has 0 aliphatic carbocycles. The SMILES string of the molecule is FC(F)(F)c1ccc(Nc2ncncc2-c2cccc3ccnn23)cc1. The molecule has 5 nitrogen and oxygen atoms in total. The lowest BCUT2D eigenvalue weighted by molar-refractivity contribution is -0.137. The number of alkyl halides is 3. The number of hydrogen-bond donors (Lipinski definition) is 1. The van der Waals surface area contributed by atoms with Crippen LogP contribution in [0.4, 0.5) is 24.7 Å². The van der Waals surface area contributed by atoms with Crippen molar-refractivity contribution in [2.75, 3.05) is 5.32 Å². The Labute approximate surface area is 146 Å². The van der Waals surface area contributed by atoms with Crippen LogP contribution in [0.25, 0.3) is 16.8 Å². The van der Waals surface area contributed by atoms with Gasteiger partial charge in [0, 0.05) is 11.9 Å². The standard InChI is InChI=1S/C18H12F3N5/c19-18(20,21)12-4-6-13(7-5-12)25-17-15(10-22-11-23-17)16-3-1-2-14-8-9-24-26(14)16/h1-11H,(H,22,23,25). The van der Waals surface area contributed by atoms with E-state index >= 15 is 0 Å². The van der Waals surface area contributed by atoms with Crippen LogP contribution in [0.15, 0.2) is 67.3 Å². The Morgan fingerprint density at radius 1 is 0.962 bits per heavy atom. The lowest BCUT2D eigenvalue weighted by atomic mass is 10.1. The number of nitrogens with one attached hydrogen (secondary N) is 1. The van der Waals surface area contributed by atoms with Crippen LogP contribution in [0.1, 0.15) is 5.56 Å². The van der Waals surface area contributed by atoms with Crippen LogP contribution in [0, 0.1) is 0 Å². The number of halogens is 3. The maximum Gasteiger partial charge on any atom is 0.416 e. The largest absolute Gasteiger partial charge is 0.416 e. The van der Waals surface area contributed by atoms with Crippen molar-refractivity contribution in [3.05, 3.63) is 72.8 Å². The molecule has 130 valence electrons. The van der Waals surface area contributed by atoms with Crippen LogP contribution < -0.4 is 5.32 Å². The van der Waals surface area contributed by atoms with Gasteiger partial charge in [-0.2, -0.15) is 18.3 Å². The summed E-state index contributed by atoms with van der Waals surface area (Å²) >= 11 is 0. The summed E-state index contributed by atoms with van der Waals surface area (Å²) in [4.78, 5) is 8.29. The Bertz CT molecular complexity index is 1050. The van der Waals surface area contributed by atoms with Gasteiger partial charge in [-0.1, -0.05) is 6.07 Å². The van der Waals surface area contributed by atoms with Gasteiger partial charge >= 0.3 is 6.18 Å². The van der Waals surface area contributed by atoms with Gasteiger partial charge in [0.2, 0.25) is 0 Å². The van der Waals surface area contributed by atoms with Crippen LogP contribution in [0.5, 0.6) is 0 Å². The molecule has 0 amide bonds. The Morgan fingerprint density at radius 2 is 1.77 bits per heavy atom. The second kappa shape index (κ2) is 6.14. The van der Waals surface area contributed by atoms with Crippen molar-refractivity contribution in [2.24, 2.45) is 0 Å². The van der Waals surface area contributed by atoms with Gasteiger partial charge < -0.3 is 5.32 Å². The molecule has 1 aromatic carbocycles. The molecule has 0 saturated heterocycles. The van der Waals surface area contributed by atoms with Gasteiger partial charge in [-0.3, -0.25) is 0 Å². The molecule has 0 bridgehead atoms. The van der Waals surface area contributed by atoms with E-state index in [0.717, 1.165) is 23.3 Å². The van der Waals surface area contributed by atoms with Crippen LogP contribution >= 0.6 is 0 Å². The van der Waals surface area contributed by atoms with Crippen molar-refractivity contribution in [3.63, 3.8) is 0 Å². The molecular weight excluding hydrogens is 343 g/mol. The van der Waals surface area contributed by atoms with Gasteiger partial charge in [0.1, 0.15) is 12.1 Å². The minimum Gasteiger partial charge on any atom is -0.340 e. The first-order valence-electron chi connectivity index (χ1n) is 7.70. The molecule has 0 aliphatic heterocycles. The van der Waals surface area contributed by atoms with E-state index in [1.165, 1.54) is 18.5 Å². The van der Waals surface area contributed by atoms with Crippen molar-refractivity contribution in [3.8, 4) is 11.3 Å². The van der Waals surface area contributed by atoms with E-state index in [4.69, 9.17) is 0 Å². The first kappa shape index (κ1) is 16.1. The highest BCUT2D eigenvalue weighted by Gasteiger charge is 2.29. The average molecular weight is 355 g/mol. The quantitative estimate of drug-likeness (QED) is 0.586.